The largest absolute Gasteiger partial charge is 0.389 e. The van der Waals surface area contributed by atoms with Crippen LogP contribution in [0.5, 0.6) is 0 Å². The van der Waals surface area contributed by atoms with Gasteiger partial charge in [0.2, 0.25) is 5.91 Å². The Hall–Kier alpha value is -0.690. The number of hydrogen-bond acceptors (Lipinski definition) is 5. The lowest BCUT2D eigenvalue weighted by Gasteiger charge is -2.32. The number of aliphatic hydroxyl groups is 1. The summed E-state index contributed by atoms with van der Waals surface area (Å²) in [4.78, 5) is 13.2. The van der Waals surface area contributed by atoms with Crippen molar-refractivity contribution in [2.75, 3.05) is 33.3 Å². The molecule has 2 saturated heterocycles. The van der Waals surface area contributed by atoms with Gasteiger partial charge in [0.25, 0.3) is 0 Å². The zero-order valence-corrected chi connectivity index (χ0v) is 11.8. The van der Waals surface area contributed by atoms with Crippen LogP contribution < -0.4 is 10.6 Å². The number of carbonyl (C=O) groups is 1. The molecule has 0 spiro atoms. The highest BCUT2D eigenvalue weighted by atomic mass is 16.5. The van der Waals surface area contributed by atoms with Gasteiger partial charge in [0.05, 0.1) is 18.8 Å². The van der Waals surface area contributed by atoms with E-state index in [2.05, 4.69) is 22.6 Å². The first-order chi connectivity index (χ1) is 9.06. The Labute approximate surface area is 114 Å². The zero-order chi connectivity index (χ0) is 13.8. The normalized spacial score (nSPS) is 33.5. The average Bonchev–Trinajstić information content (AvgIpc) is 2.71. The van der Waals surface area contributed by atoms with Crippen molar-refractivity contribution in [3.63, 3.8) is 0 Å². The third-order valence-corrected chi connectivity index (χ3v) is 4.00. The van der Waals surface area contributed by atoms with Crippen molar-refractivity contribution in [1.29, 1.82) is 0 Å². The number of rotatable bonds is 4. The van der Waals surface area contributed by atoms with Crippen LogP contribution in [0, 0.1) is 0 Å². The van der Waals surface area contributed by atoms with Crippen LogP contribution in [-0.2, 0) is 9.53 Å². The fourth-order valence-electron chi connectivity index (χ4n) is 2.73. The Morgan fingerprint density at radius 2 is 2.11 bits per heavy atom. The Morgan fingerprint density at radius 3 is 2.74 bits per heavy atom. The maximum absolute atomic E-state index is 10.9. The second-order valence-corrected chi connectivity index (χ2v) is 5.65. The molecule has 0 aromatic rings. The molecular formula is C13H25N3O3. The van der Waals surface area contributed by atoms with E-state index < -0.39 is 6.10 Å². The molecule has 2 fully saturated rings. The van der Waals surface area contributed by atoms with Gasteiger partial charge in [-0.2, -0.15) is 0 Å². The zero-order valence-electron chi connectivity index (χ0n) is 11.8. The molecule has 1 amide bonds. The minimum absolute atomic E-state index is 0.0211. The first-order valence-corrected chi connectivity index (χ1v) is 7.05. The molecule has 0 saturated carbocycles. The van der Waals surface area contributed by atoms with Crippen molar-refractivity contribution in [2.24, 2.45) is 0 Å². The first kappa shape index (κ1) is 14.7. The van der Waals surface area contributed by atoms with E-state index in [9.17, 15) is 9.90 Å². The molecule has 0 bridgehead atoms. The van der Waals surface area contributed by atoms with Gasteiger partial charge in [0.15, 0.2) is 0 Å². The number of likely N-dealkylation sites (tertiary alicyclic amines) is 1. The summed E-state index contributed by atoms with van der Waals surface area (Å²) in [5.41, 5.74) is 0. The number of ether oxygens (including phenoxy) is 1. The van der Waals surface area contributed by atoms with Crippen molar-refractivity contribution in [1.82, 2.24) is 15.5 Å². The predicted molar refractivity (Wildman–Crippen MR) is 71.9 cm³/mol. The van der Waals surface area contributed by atoms with Crippen LogP contribution in [0.2, 0.25) is 0 Å². The molecule has 2 rings (SSSR count). The molecule has 0 aromatic carbocycles. The maximum Gasteiger partial charge on any atom is 0.216 e. The van der Waals surface area contributed by atoms with E-state index in [0.717, 1.165) is 25.9 Å². The second-order valence-electron chi connectivity index (χ2n) is 5.65. The van der Waals surface area contributed by atoms with Gasteiger partial charge in [-0.05, 0) is 33.0 Å². The monoisotopic (exact) mass is 271 g/mol. The van der Waals surface area contributed by atoms with Crippen LogP contribution in [0.25, 0.3) is 0 Å². The number of carbonyl (C=O) groups excluding carboxylic acids is 1. The average molecular weight is 271 g/mol. The summed E-state index contributed by atoms with van der Waals surface area (Å²) < 4.78 is 5.55. The molecule has 3 unspecified atom stereocenters. The van der Waals surface area contributed by atoms with Crippen molar-refractivity contribution in [2.45, 2.75) is 44.1 Å². The molecule has 0 aliphatic carbocycles. The molecule has 3 N–H and O–H groups in total. The first-order valence-electron chi connectivity index (χ1n) is 7.05. The van der Waals surface area contributed by atoms with Crippen LogP contribution in [0.4, 0.5) is 0 Å². The van der Waals surface area contributed by atoms with E-state index in [-0.39, 0.29) is 18.1 Å². The van der Waals surface area contributed by atoms with Gasteiger partial charge in [0, 0.05) is 19.5 Å². The van der Waals surface area contributed by atoms with E-state index in [0.29, 0.717) is 19.2 Å². The number of aliphatic hydroxyl groups excluding tert-OH is 1. The van der Waals surface area contributed by atoms with Gasteiger partial charge in [-0.15, -0.1) is 0 Å². The maximum atomic E-state index is 10.9. The molecule has 110 valence electrons. The number of amides is 1. The lowest BCUT2D eigenvalue weighted by molar-refractivity contribution is -0.119. The summed E-state index contributed by atoms with van der Waals surface area (Å²) >= 11 is 0. The topological polar surface area (TPSA) is 73.8 Å². The Morgan fingerprint density at radius 1 is 1.42 bits per heavy atom. The molecule has 2 heterocycles. The molecule has 0 aromatic heterocycles. The summed E-state index contributed by atoms with van der Waals surface area (Å²) in [6.45, 7) is 4.54. The molecule has 3 atom stereocenters. The summed E-state index contributed by atoms with van der Waals surface area (Å²) in [7, 11) is 2.13. The molecule has 19 heavy (non-hydrogen) atoms. The minimum Gasteiger partial charge on any atom is -0.389 e. The van der Waals surface area contributed by atoms with Gasteiger partial charge < -0.3 is 25.4 Å². The minimum atomic E-state index is -0.550. The van der Waals surface area contributed by atoms with Gasteiger partial charge >= 0.3 is 0 Å². The molecular weight excluding hydrogens is 246 g/mol. The second kappa shape index (κ2) is 6.65. The lowest BCUT2D eigenvalue weighted by atomic mass is 10.0. The number of hydrogen-bond donors (Lipinski definition) is 3. The van der Waals surface area contributed by atoms with Crippen LogP contribution >= 0.6 is 0 Å². The van der Waals surface area contributed by atoms with E-state index in [4.69, 9.17) is 4.74 Å². The van der Waals surface area contributed by atoms with Crippen LogP contribution in [0.1, 0.15) is 19.8 Å². The number of piperidine rings is 1. The molecule has 2 aliphatic heterocycles. The van der Waals surface area contributed by atoms with Crippen LogP contribution in [-0.4, -0.2) is 73.5 Å². The quantitative estimate of drug-likeness (QED) is 0.607. The summed E-state index contributed by atoms with van der Waals surface area (Å²) in [5, 5.41) is 16.4. The highest BCUT2D eigenvalue weighted by molar-refractivity contribution is 5.72. The van der Waals surface area contributed by atoms with E-state index in [1.807, 2.05) is 0 Å². The van der Waals surface area contributed by atoms with E-state index in [1.165, 1.54) is 6.92 Å². The fraction of sp³-hybridized carbons (Fsp3) is 0.923. The van der Waals surface area contributed by atoms with Crippen molar-refractivity contribution >= 4 is 5.91 Å². The van der Waals surface area contributed by atoms with E-state index >= 15 is 0 Å². The summed E-state index contributed by atoms with van der Waals surface area (Å²) in [6, 6.07) is 0.436. The van der Waals surface area contributed by atoms with Gasteiger partial charge in [-0.25, -0.2) is 0 Å². The number of nitrogens with one attached hydrogen (secondary N) is 2. The molecule has 6 nitrogen and oxygen atoms in total. The molecule has 0 radical (unpaired) electrons. The SMILES string of the molecule is CC(=O)NCC1OCC(NC2CCN(C)CC2)C1O. The Balaban J connectivity index is 1.74. The highest BCUT2D eigenvalue weighted by Gasteiger charge is 2.37. The van der Waals surface area contributed by atoms with Gasteiger partial charge in [0.1, 0.15) is 6.10 Å². The standard InChI is InChI=1S/C13H25N3O3/c1-9(17)14-7-12-13(18)11(8-19-12)15-10-3-5-16(2)6-4-10/h10-13,15,18H,3-8H2,1-2H3,(H,14,17). The molecule has 6 heteroatoms. The third-order valence-electron chi connectivity index (χ3n) is 4.00. The van der Waals surface area contributed by atoms with Crippen molar-refractivity contribution in [3.8, 4) is 0 Å². The fourth-order valence-corrected chi connectivity index (χ4v) is 2.73. The number of nitrogens with zero attached hydrogens (tertiary/aromatic N) is 1. The summed E-state index contributed by atoms with van der Waals surface area (Å²) in [6.07, 6.45) is 1.37. The molecule has 2 aliphatic rings. The van der Waals surface area contributed by atoms with Gasteiger partial charge in [-0.1, -0.05) is 0 Å². The Kier molecular flexibility index (Phi) is 5.15. The van der Waals surface area contributed by atoms with Crippen molar-refractivity contribution < 1.29 is 14.6 Å². The van der Waals surface area contributed by atoms with Crippen molar-refractivity contribution in [3.05, 3.63) is 0 Å². The van der Waals surface area contributed by atoms with Crippen LogP contribution in [0.15, 0.2) is 0 Å². The summed E-state index contributed by atoms with van der Waals surface area (Å²) in [5.74, 6) is -0.0949. The third kappa shape index (κ3) is 4.14. The van der Waals surface area contributed by atoms with Gasteiger partial charge in [-0.3, -0.25) is 4.79 Å². The predicted octanol–water partition coefficient (Wildman–Crippen LogP) is -1.07. The highest BCUT2D eigenvalue weighted by Crippen LogP contribution is 2.17. The Bertz CT molecular complexity index is 306. The lowest BCUT2D eigenvalue weighted by Crippen LogP contribution is -2.51. The smallest absolute Gasteiger partial charge is 0.216 e. The van der Waals surface area contributed by atoms with Crippen LogP contribution in [0.3, 0.4) is 0 Å². The van der Waals surface area contributed by atoms with E-state index in [1.54, 1.807) is 0 Å².